The number of hydrogen-bond donors (Lipinski definition) is 1. The largest absolute Gasteiger partial charge is 0.497 e. The third-order valence-corrected chi connectivity index (χ3v) is 3.81. The van der Waals surface area contributed by atoms with Crippen LogP contribution in [0.25, 0.3) is 0 Å². The van der Waals surface area contributed by atoms with E-state index < -0.39 is 5.97 Å². The molecule has 2 rings (SSSR count). The minimum Gasteiger partial charge on any atom is -0.497 e. The molecule has 0 spiro atoms. The Hall–Kier alpha value is -2.14. The highest BCUT2D eigenvalue weighted by atomic mass is 32.2. The van der Waals surface area contributed by atoms with Gasteiger partial charge in [0.05, 0.1) is 19.3 Å². The summed E-state index contributed by atoms with van der Waals surface area (Å²) in [6.07, 6.45) is 0. The van der Waals surface area contributed by atoms with Gasteiger partial charge in [-0.25, -0.2) is 4.79 Å². The normalized spacial score (nSPS) is 10.2. The van der Waals surface area contributed by atoms with Gasteiger partial charge in [-0.1, -0.05) is 17.8 Å². The van der Waals surface area contributed by atoms with E-state index in [0.29, 0.717) is 17.3 Å². The molecule has 1 N–H and O–H groups in total. The average Bonchev–Trinajstić information content (AvgIpc) is 2.47. The van der Waals surface area contributed by atoms with Crippen LogP contribution in [0.5, 0.6) is 11.5 Å². The third kappa shape index (κ3) is 3.92. The van der Waals surface area contributed by atoms with Crippen molar-refractivity contribution in [2.24, 2.45) is 0 Å². The standard InChI is InChI=1S/C16H16O4S/c1-3-20-12-5-4-6-13(9-12)21-15-10-11(19-2)7-8-14(15)16(17)18/h4-10H,3H2,1-2H3,(H,17,18). The van der Waals surface area contributed by atoms with Crippen LogP contribution in [-0.2, 0) is 0 Å². The summed E-state index contributed by atoms with van der Waals surface area (Å²) in [5.41, 5.74) is 0.252. The Morgan fingerprint density at radius 1 is 1.19 bits per heavy atom. The number of aromatic carboxylic acids is 1. The summed E-state index contributed by atoms with van der Waals surface area (Å²) in [5, 5.41) is 9.27. The quantitative estimate of drug-likeness (QED) is 0.876. The summed E-state index contributed by atoms with van der Waals surface area (Å²) in [6, 6.07) is 12.5. The first-order chi connectivity index (χ1) is 10.1. The molecule has 0 unspecified atom stereocenters. The molecule has 0 radical (unpaired) electrons. The van der Waals surface area contributed by atoms with E-state index >= 15 is 0 Å². The second kappa shape index (κ2) is 7.04. The van der Waals surface area contributed by atoms with Crippen LogP contribution in [0.3, 0.4) is 0 Å². The minimum absolute atomic E-state index is 0.252. The minimum atomic E-state index is -0.957. The molecule has 2 aromatic rings. The van der Waals surface area contributed by atoms with E-state index in [1.165, 1.54) is 11.8 Å². The summed E-state index contributed by atoms with van der Waals surface area (Å²) in [6.45, 7) is 2.51. The van der Waals surface area contributed by atoms with Crippen molar-refractivity contribution in [3.63, 3.8) is 0 Å². The van der Waals surface area contributed by atoms with Crippen LogP contribution in [0.15, 0.2) is 52.3 Å². The molecule has 0 fully saturated rings. The molecule has 0 bridgehead atoms. The summed E-state index contributed by atoms with van der Waals surface area (Å²) >= 11 is 1.37. The number of carbonyl (C=O) groups is 1. The molecule has 0 aromatic heterocycles. The van der Waals surface area contributed by atoms with Gasteiger partial charge in [0.25, 0.3) is 0 Å². The predicted molar refractivity (Wildman–Crippen MR) is 81.7 cm³/mol. The third-order valence-electron chi connectivity index (χ3n) is 2.76. The van der Waals surface area contributed by atoms with Crippen LogP contribution < -0.4 is 9.47 Å². The Balaban J connectivity index is 2.33. The fourth-order valence-corrected chi connectivity index (χ4v) is 2.83. The smallest absolute Gasteiger partial charge is 0.336 e. The maximum Gasteiger partial charge on any atom is 0.336 e. The lowest BCUT2D eigenvalue weighted by atomic mass is 10.2. The molecule has 110 valence electrons. The van der Waals surface area contributed by atoms with Gasteiger partial charge < -0.3 is 14.6 Å². The van der Waals surface area contributed by atoms with Crippen LogP contribution in [0.4, 0.5) is 0 Å². The fourth-order valence-electron chi connectivity index (χ4n) is 1.81. The molecule has 2 aromatic carbocycles. The number of carboxylic acid groups (broad SMARTS) is 1. The van der Waals surface area contributed by atoms with Gasteiger partial charge >= 0.3 is 5.97 Å². The molecule has 0 saturated carbocycles. The number of ether oxygens (including phenoxy) is 2. The van der Waals surface area contributed by atoms with E-state index in [2.05, 4.69) is 0 Å². The molecular weight excluding hydrogens is 288 g/mol. The van der Waals surface area contributed by atoms with E-state index in [9.17, 15) is 9.90 Å². The van der Waals surface area contributed by atoms with E-state index in [1.54, 1.807) is 25.3 Å². The highest BCUT2D eigenvalue weighted by Gasteiger charge is 2.12. The highest BCUT2D eigenvalue weighted by molar-refractivity contribution is 7.99. The zero-order valence-electron chi connectivity index (χ0n) is 11.8. The first-order valence-electron chi connectivity index (χ1n) is 6.46. The fraction of sp³-hybridized carbons (Fsp3) is 0.188. The van der Waals surface area contributed by atoms with Crippen LogP contribution in [0.2, 0.25) is 0 Å². The summed E-state index contributed by atoms with van der Waals surface area (Å²) in [4.78, 5) is 12.9. The average molecular weight is 304 g/mol. The van der Waals surface area contributed by atoms with E-state index in [0.717, 1.165) is 10.6 Å². The van der Waals surface area contributed by atoms with Gasteiger partial charge in [0.2, 0.25) is 0 Å². The zero-order chi connectivity index (χ0) is 15.2. The maximum absolute atomic E-state index is 11.3. The SMILES string of the molecule is CCOc1cccc(Sc2cc(OC)ccc2C(=O)O)c1. The highest BCUT2D eigenvalue weighted by Crippen LogP contribution is 2.34. The lowest BCUT2D eigenvalue weighted by molar-refractivity contribution is 0.0693. The Morgan fingerprint density at radius 3 is 2.67 bits per heavy atom. The summed E-state index contributed by atoms with van der Waals surface area (Å²) in [5.74, 6) is 0.437. The van der Waals surface area contributed by atoms with Gasteiger partial charge in [0.15, 0.2) is 0 Å². The molecule has 4 nitrogen and oxygen atoms in total. The topological polar surface area (TPSA) is 55.8 Å². The van der Waals surface area contributed by atoms with Crippen molar-refractivity contribution in [1.82, 2.24) is 0 Å². The molecule has 0 aliphatic rings. The van der Waals surface area contributed by atoms with Crippen molar-refractivity contribution in [2.75, 3.05) is 13.7 Å². The summed E-state index contributed by atoms with van der Waals surface area (Å²) in [7, 11) is 1.56. The van der Waals surface area contributed by atoms with Crippen molar-refractivity contribution in [1.29, 1.82) is 0 Å². The van der Waals surface area contributed by atoms with Crippen LogP contribution in [0, 0.1) is 0 Å². The van der Waals surface area contributed by atoms with Crippen molar-refractivity contribution in [3.05, 3.63) is 48.0 Å². The van der Waals surface area contributed by atoms with Gasteiger partial charge in [-0.3, -0.25) is 0 Å². The maximum atomic E-state index is 11.3. The van der Waals surface area contributed by atoms with E-state index in [1.807, 2.05) is 31.2 Å². The second-order valence-corrected chi connectivity index (χ2v) is 5.29. The molecule has 5 heteroatoms. The molecule has 0 aliphatic carbocycles. The van der Waals surface area contributed by atoms with Gasteiger partial charge in [0, 0.05) is 9.79 Å². The second-order valence-electron chi connectivity index (χ2n) is 4.18. The number of carboxylic acids is 1. The molecule has 0 saturated heterocycles. The Bertz CT molecular complexity index is 640. The Kier molecular flexibility index (Phi) is 5.11. The lowest BCUT2D eigenvalue weighted by Crippen LogP contribution is -1.99. The molecular formula is C16H16O4S. The predicted octanol–water partition coefficient (Wildman–Crippen LogP) is 3.94. The van der Waals surface area contributed by atoms with Gasteiger partial charge in [-0.05, 0) is 43.3 Å². The number of methoxy groups -OCH3 is 1. The number of rotatable bonds is 6. The van der Waals surface area contributed by atoms with Gasteiger partial charge in [-0.15, -0.1) is 0 Å². The monoisotopic (exact) mass is 304 g/mol. The lowest BCUT2D eigenvalue weighted by Gasteiger charge is -2.09. The van der Waals surface area contributed by atoms with Crippen LogP contribution in [-0.4, -0.2) is 24.8 Å². The first kappa shape index (κ1) is 15.3. The van der Waals surface area contributed by atoms with Gasteiger partial charge in [-0.2, -0.15) is 0 Å². The Labute approximate surface area is 127 Å². The van der Waals surface area contributed by atoms with Crippen molar-refractivity contribution in [3.8, 4) is 11.5 Å². The first-order valence-corrected chi connectivity index (χ1v) is 7.27. The molecule has 0 heterocycles. The van der Waals surface area contributed by atoms with E-state index in [4.69, 9.17) is 9.47 Å². The number of hydrogen-bond acceptors (Lipinski definition) is 4. The molecule has 0 amide bonds. The van der Waals surface area contributed by atoms with Crippen LogP contribution in [0.1, 0.15) is 17.3 Å². The zero-order valence-corrected chi connectivity index (χ0v) is 12.6. The van der Waals surface area contributed by atoms with Gasteiger partial charge in [0.1, 0.15) is 11.5 Å². The number of benzene rings is 2. The molecule has 21 heavy (non-hydrogen) atoms. The molecule has 0 atom stereocenters. The molecule has 0 aliphatic heterocycles. The Morgan fingerprint density at radius 2 is 2.00 bits per heavy atom. The van der Waals surface area contributed by atoms with Crippen molar-refractivity contribution >= 4 is 17.7 Å². The van der Waals surface area contributed by atoms with Crippen molar-refractivity contribution in [2.45, 2.75) is 16.7 Å². The summed E-state index contributed by atoms with van der Waals surface area (Å²) < 4.78 is 10.6. The van der Waals surface area contributed by atoms with E-state index in [-0.39, 0.29) is 5.56 Å². The van der Waals surface area contributed by atoms with Crippen molar-refractivity contribution < 1.29 is 19.4 Å². The van der Waals surface area contributed by atoms with Crippen LogP contribution >= 0.6 is 11.8 Å².